The molecule has 0 atom stereocenters. The second kappa shape index (κ2) is 2.19. The van der Waals surface area contributed by atoms with E-state index in [1.807, 2.05) is 0 Å². The smallest absolute Gasteiger partial charge is 0.277 e. The van der Waals surface area contributed by atoms with Gasteiger partial charge in [0.1, 0.15) is 0 Å². The first-order valence-corrected chi connectivity index (χ1v) is 2.93. The van der Waals surface area contributed by atoms with E-state index in [2.05, 4.69) is 4.72 Å². The molecule has 0 aliphatic carbocycles. The fourth-order valence-electron chi connectivity index (χ4n) is 0.390. The fraction of sp³-hybridized carbons (Fsp3) is 0.250. The van der Waals surface area contributed by atoms with Crippen LogP contribution in [0.2, 0.25) is 0 Å². The molecule has 2 N–H and O–H groups in total. The van der Waals surface area contributed by atoms with E-state index >= 15 is 0 Å². The Balaban J connectivity index is 2.57. The van der Waals surface area contributed by atoms with Crippen molar-refractivity contribution in [2.24, 2.45) is 5.73 Å². The van der Waals surface area contributed by atoms with E-state index in [4.69, 9.17) is 5.73 Å². The first-order chi connectivity index (χ1) is 3.83. The van der Waals surface area contributed by atoms with Gasteiger partial charge < -0.3 is 5.73 Å². The predicted molar refractivity (Wildman–Crippen MR) is 31.9 cm³/mol. The Hall–Kier alpha value is -0.480. The van der Waals surface area contributed by atoms with Crippen molar-refractivity contribution < 1.29 is 4.79 Å². The third kappa shape index (κ3) is 1.02. The zero-order chi connectivity index (χ0) is 5.98. The summed E-state index contributed by atoms with van der Waals surface area (Å²) in [6, 6.07) is 0. The van der Waals surface area contributed by atoms with Gasteiger partial charge in [0, 0.05) is 29.5 Å². The maximum Gasteiger partial charge on any atom is 0.277 e. The quantitative estimate of drug-likeness (QED) is 0.491. The summed E-state index contributed by atoms with van der Waals surface area (Å²) < 4.78 is 3.49. The SMILES string of the molecule is NCC1=CC(=O)[N]S1. The van der Waals surface area contributed by atoms with Crippen LogP contribution in [0.5, 0.6) is 0 Å². The lowest BCUT2D eigenvalue weighted by Crippen LogP contribution is -1.97. The minimum Gasteiger partial charge on any atom is -0.326 e. The van der Waals surface area contributed by atoms with Gasteiger partial charge in [-0.15, -0.1) is 0 Å². The second-order valence-corrected chi connectivity index (χ2v) is 2.23. The molecule has 0 saturated heterocycles. The molecule has 0 spiro atoms. The summed E-state index contributed by atoms with van der Waals surface area (Å²) in [6.07, 6.45) is 1.45. The number of hydrogen-bond donors (Lipinski definition) is 1. The third-order valence-corrected chi connectivity index (χ3v) is 1.53. The van der Waals surface area contributed by atoms with E-state index in [-0.39, 0.29) is 5.91 Å². The average molecular weight is 129 g/mol. The summed E-state index contributed by atoms with van der Waals surface area (Å²) in [5.41, 5.74) is 5.19. The van der Waals surface area contributed by atoms with Crippen LogP contribution < -0.4 is 10.5 Å². The van der Waals surface area contributed by atoms with Crippen LogP contribution in [0, 0.1) is 0 Å². The van der Waals surface area contributed by atoms with E-state index in [1.54, 1.807) is 0 Å². The Morgan fingerprint density at radius 2 is 2.62 bits per heavy atom. The molecule has 1 radical (unpaired) electrons. The molecule has 1 rings (SSSR count). The van der Waals surface area contributed by atoms with Gasteiger partial charge in [0.15, 0.2) is 0 Å². The highest BCUT2D eigenvalue weighted by atomic mass is 32.2. The van der Waals surface area contributed by atoms with Gasteiger partial charge in [-0.1, -0.05) is 0 Å². The van der Waals surface area contributed by atoms with Crippen molar-refractivity contribution in [1.29, 1.82) is 0 Å². The average Bonchev–Trinajstić information content (AvgIpc) is 2.14. The third-order valence-electron chi connectivity index (χ3n) is 0.739. The van der Waals surface area contributed by atoms with Crippen LogP contribution in [0.15, 0.2) is 11.0 Å². The highest BCUT2D eigenvalue weighted by Gasteiger charge is 2.11. The first kappa shape index (κ1) is 5.65. The number of hydrogen-bond acceptors (Lipinski definition) is 3. The van der Waals surface area contributed by atoms with Crippen molar-refractivity contribution >= 4 is 17.9 Å². The molecule has 0 aromatic rings. The van der Waals surface area contributed by atoms with Crippen LogP contribution in [-0.2, 0) is 4.79 Å². The Kier molecular flexibility index (Phi) is 1.55. The minimum absolute atomic E-state index is 0.185. The zero-order valence-electron chi connectivity index (χ0n) is 4.13. The summed E-state index contributed by atoms with van der Waals surface area (Å²) in [7, 11) is 0. The summed E-state index contributed by atoms with van der Waals surface area (Å²) in [5.74, 6) is -0.185. The van der Waals surface area contributed by atoms with Crippen LogP contribution in [0.3, 0.4) is 0 Å². The van der Waals surface area contributed by atoms with Gasteiger partial charge in [-0.2, -0.15) is 4.72 Å². The van der Waals surface area contributed by atoms with E-state index in [1.165, 1.54) is 6.08 Å². The molecule has 0 fully saturated rings. The van der Waals surface area contributed by atoms with Crippen molar-refractivity contribution in [1.82, 2.24) is 4.72 Å². The summed E-state index contributed by atoms with van der Waals surface area (Å²) in [5, 5.41) is 0. The van der Waals surface area contributed by atoms with Gasteiger partial charge in [-0.05, 0) is 0 Å². The number of carbonyl (C=O) groups is 1. The fourth-order valence-corrected chi connectivity index (χ4v) is 0.878. The normalized spacial score (nSPS) is 18.1. The monoisotopic (exact) mass is 129 g/mol. The summed E-state index contributed by atoms with van der Waals surface area (Å²) in [6.45, 7) is 0.417. The zero-order valence-corrected chi connectivity index (χ0v) is 4.94. The molecular weight excluding hydrogens is 124 g/mol. The highest BCUT2D eigenvalue weighted by molar-refractivity contribution is 8.02. The number of carbonyl (C=O) groups excluding carboxylic acids is 1. The maximum absolute atomic E-state index is 10.3. The highest BCUT2D eigenvalue weighted by Crippen LogP contribution is 2.16. The molecule has 1 amide bonds. The molecule has 0 aromatic heterocycles. The molecule has 0 aromatic carbocycles. The lowest BCUT2D eigenvalue weighted by Gasteiger charge is -1.86. The Morgan fingerprint density at radius 3 is 2.88 bits per heavy atom. The van der Waals surface area contributed by atoms with Crippen LogP contribution >= 0.6 is 11.9 Å². The van der Waals surface area contributed by atoms with Gasteiger partial charge in [0.05, 0.1) is 0 Å². The molecule has 1 aliphatic heterocycles. The molecule has 0 saturated carbocycles. The van der Waals surface area contributed by atoms with Crippen molar-refractivity contribution in [2.45, 2.75) is 0 Å². The predicted octanol–water partition coefficient (Wildman–Crippen LogP) is -0.378. The van der Waals surface area contributed by atoms with E-state index < -0.39 is 0 Å². The lowest BCUT2D eigenvalue weighted by atomic mass is 10.5. The molecule has 8 heavy (non-hydrogen) atoms. The van der Waals surface area contributed by atoms with Crippen LogP contribution in [0.25, 0.3) is 0 Å². The van der Waals surface area contributed by atoms with Crippen LogP contribution in [0.4, 0.5) is 0 Å². The summed E-state index contributed by atoms with van der Waals surface area (Å²) in [4.78, 5) is 11.1. The van der Waals surface area contributed by atoms with E-state index in [9.17, 15) is 4.79 Å². The van der Waals surface area contributed by atoms with Crippen molar-refractivity contribution in [3.63, 3.8) is 0 Å². The molecule has 4 heteroatoms. The standard InChI is InChI=1S/C4H5N2OS/c5-2-3-1-4(7)6-8-3/h1H,2,5H2. The van der Waals surface area contributed by atoms with Crippen LogP contribution in [-0.4, -0.2) is 12.5 Å². The van der Waals surface area contributed by atoms with Crippen molar-refractivity contribution in [3.8, 4) is 0 Å². The molecule has 0 unspecified atom stereocenters. The number of amides is 1. The number of nitrogens with zero attached hydrogens (tertiary/aromatic N) is 1. The van der Waals surface area contributed by atoms with E-state index in [0.717, 1.165) is 16.9 Å². The molecular formula is C4H5N2OS. The number of rotatable bonds is 1. The number of nitrogens with two attached hydrogens (primary N) is 1. The molecule has 1 heterocycles. The van der Waals surface area contributed by atoms with Gasteiger partial charge >= 0.3 is 0 Å². The second-order valence-electron chi connectivity index (χ2n) is 1.34. The van der Waals surface area contributed by atoms with E-state index in [0.29, 0.717) is 6.54 Å². The lowest BCUT2D eigenvalue weighted by molar-refractivity contribution is -0.114. The Labute approximate surface area is 51.4 Å². The van der Waals surface area contributed by atoms with Crippen molar-refractivity contribution in [3.05, 3.63) is 11.0 Å². The van der Waals surface area contributed by atoms with Gasteiger partial charge in [0.25, 0.3) is 5.91 Å². The molecule has 1 aliphatic rings. The first-order valence-electron chi connectivity index (χ1n) is 2.15. The van der Waals surface area contributed by atoms with Crippen molar-refractivity contribution in [2.75, 3.05) is 6.54 Å². The summed E-state index contributed by atoms with van der Waals surface area (Å²) >= 11 is 1.16. The topological polar surface area (TPSA) is 57.2 Å². The molecule has 43 valence electrons. The van der Waals surface area contributed by atoms with Gasteiger partial charge in [0.2, 0.25) is 0 Å². The Morgan fingerprint density at radius 1 is 1.88 bits per heavy atom. The Bertz CT molecular complexity index is 143. The maximum atomic E-state index is 10.3. The molecule has 3 nitrogen and oxygen atoms in total. The van der Waals surface area contributed by atoms with Crippen LogP contribution in [0.1, 0.15) is 0 Å². The molecule has 0 bridgehead atoms. The van der Waals surface area contributed by atoms with Gasteiger partial charge in [-0.3, -0.25) is 4.79 Å². The minimum atomic E-state index is -0.185. The van der Waals surface area contributed by atoms with Gasteiger partial charge in [-0.25, -0.2) is 0 Å². The largest absolute Gasteiger partial charge is 0.326 e.